The molecule has 0 saturated carbocycles. The number of carbonyl (C=O) groups is 1. The highest BCUT2D eigenvalue weighted by Gasteiger charge is 2.34. The quantitative estimate of drug-likeness (QED) is 0.338. The Morgan fingerprint density at radius 2 is 2.02 bits per heavy atom. The van der Waals surface area contributed by atoms with E-state index < -0.39 is 35.3 Å². The second-order valence-electron chi connectivity index (χ2n) is 10.1. The summed E-state index contributed by atoms with van der Waals surface area (Å²) >= 11 is 0. The fraction of sp³-hybridized carbons (Fsp3) is 0.393. The first-order chi connectivity index (χ1) is 19.7. The maximum Gasteiger partial charge on any atom is 0.319 e. The number of hydrogen-bond acceptors (Lipinski definition) is 9. The number of fused-ring (bicyclic) bond motifs is 1. The molecule has 214 valence electrons. The summed E-state index contributed by atoms with van der Waals surface area (Å²) in [5.74, 6) is -4.21. The third-order valence-electron chi connectivity index (χ3n) is 7.52. The molecule has 3 aromatic rings. The van der Waals surface area contributed by atoms with Crippen LogP contribution in [0.1, 0.15) is 19.3 Å². The topological polar surface area (TPSA) is 119 Å². The van der Waals surface area contributed by atoms with Gasteiger partial charge in [-0.1, -0.05) is 12.6 Å². The minimum atomic E-state index is -1.13. The molecule has 0 aliphatic carbocycles. The van der Waals surface area contributed by atoms with E-state index in [-0.39, 0.29) is 66.1 Å². The van der Waals surface area contributed by atoms with Gasteiger partial charge in [-0.2, -0.15) is 19.6 Å². The van der Waals surface area contributed by atoms with Crippen LogP contribution in [-0.2, 0) is 4.79 Å². The largest absolute Gasteiger partial charge is 0.507 e. The van der Waals surface area contributed by atoms with Gasteiger partial charge in [0.1, 0.15) is 23.7 Å². The van der Waals surface area contributed by atoms with Crippen molar-refractivity contribution in [1.29, 1.82) is 5.26 Å². The minimum absolute atomic E-state index is 0.0163. The summed E-state index contributed by atoms with van der Waals surface area (Å²) in [6.07, 6.45) is 1.88. The molecule has 1 unspecified atom stereocenters. The van der Waals surface area contributed by atoms with Crippen molar-refractivity contribution in [3.63, 3.8) is 0 Å². The van der Waals surface area contributed by atoms with Gasteiger partial charge < -0.3 is 24.5 Å². The Hall–Kier alpha value is -4.44. The number of anilines is 1. The fourth-order valence-electron chi connectivity index (χ4n) is 5.35. The lowest BCUT2D eigenvalue weighted by Crippen LogP contribution is -2.55. The van der Waals surface area contributed by atoms with Crippen LogP contribution in [0.4, 0.5) is 19.0 Å². The first-order valence-corrected chi connectivity index (χ1v) is 13.1. The number of phenolic OH excluding ortho intramolecular Hbond substituents is 1. The number of likely N-dealkylation sites (tertiary alicyclic amines) is 1. The SMILES string of the molecule is C=C(F)C(=O)N1CCN(c2nc(OCC3CCCN3C)nc3cc(-c4c(O)cccc4F)c(F)nc23)C[C@@H]1CC#N. The van der Waals surface area contributed by atoms with Gasteiger partial charge in [-0.05, 0) is 44.6 Å². The fourth-order valence-corrected chi connectivity index (χ4v) is 5.35. The van der Waals surface area contributed by atoms with Crippen LogP contribution in [0.25, 0.3) is 22.2 Å². The number of nitriles is 1. The molecule has 1 N–H and O–H groups in total. The number of carbonyl (C=O) groups excluding carboxylic acids is 1. The minimum Gasteiger partial charge on any atom is -0.507 e. The third kappa shape index (κ3) is 5.60. The van der Waals surface area contributed by atoms with E-state index in [9.17, 15) is 23.9 Å². The number of phenols is 1. The van der Waals surface area contributed by atoms with Gasteiger partial charge in [0.2, 0.25) is 5.95 Å². The molecular weight excluding hydrogens is 539 g/mol. The lowest BCUT2D eigenvalue weighted by Gasteiger charge is -2.41. The number of aromatic nitrogens is 3. The van der Waals surface area contributed by atoms with Crippen molar-refractivity contribution in [2.75, 3.05) is 44.7 Å². The summed E-state index contributed by atoms with van der Waals surface area (Å²) in [4.78, 5) is 30.5. The van der Waals surface area contributed by atoms with Crippen molar-refractivity contribution in [3.05, 3.63) is 48.4 Å². The van der Waals surface area contributed by atoms with E-state index in [0.29, 0.717) is 6.61 Å². The lowest BCUT2D eigenvalue weighted by molar-refractivity contribution is -0.131. The predicted molar refractivity (Wildman–Crippen MR) is 144 cm³/mol. The number of likely N-dealkylation sites (N-methyl/N-ethyl adjacent to an activating group) is 1. The van der Waals surface area contributed by atoms with Crippen LogP contribution in [0, 0.1) is 23.1 Å². The van der Waals surface area contributed by atoms with E-state index >= 15 is 4.39 Å². The van der Waals surface area contributed by atoms with E-state index in [1.165, 1.54) is 23.1 Å². The molecule has 1 amide bonds. The Balaban J connectivity index is 1.58. The van der Waals surface area contributed by atoms with Crippen LogP contribution < -0.4 is 9.64 Å². The van der Waals surface area contributed by atoms with Gasteiger partial charge in [0.15, 0.2) is 11.6 Å². The monoisotopic (exact) mass is 567 g/mol. The second kappa shape index (κ2) is 11.6. The Morgan fingerprint density at radius 1 is 1.22 bits per heavy atom. The van der Waals surface area contributed by atoms with Gasteiger partial charge in [0.25, 0.3) is 5.91 Å². The molecule has 2 fully saturated rings. The van der Waals surface area contributed by atoms with Gasteiger partial charge in [-0.25, -0.2) is 13.8 Å². The summed E-state index contributed by atoms with van der Waals surface area (Å²) < 4.78 is 49.7. The van der Waals surface area contributed by atoms with Crippen molar-refractivity contribution in [3.8, 4) is 29.0 Å². The van der Waals surface area contributed by atoms with Crippen molar-refractivity contribution >= 4 is 22.8 Å². The molecule has 5 rings (SSSR count). The van der Waals surface area contributed by atoms with Crippen LogP contribution in [0.2, 0.25) is 0 Å². The highest BCUT2D eigenvalue weighted by Crippen LogP contribution is 2.36. The Labute approximate surface area is 234 Å². The van der Waals surface area contributed by atoms with Gasteiger partial charge in [0.05, 0.1) is 29.6 Å². The van der Waals surface area contributed by atoms with E-state index in [1.54, 1.807) is 4.90 Å². The summed E-state index contributed by atoms with van der Waals surface area (Å²) in [5.41, 5.74) is -0.477. The predicted octanol–water partition coefficient (Wildman–Crippen LogP) is 3.56. The number of rotatable bonds is 7. The van der Waals surface area contributed by atoms with E-state index in [2.05, 4.69) is 26.4 Å². The van der Waals surface area contributed by atoms with E-state index in [4.69, 9.17) is 4.74 Å². The first kappa shape index (κ1) is 28.1. The van der Waals surface area contributed by atoms with Gasteiger partial charge in [0, 0.05) is 31.2 Å². The smallest absolute Gasteiger partial charge is 0.319 e. The van der Waals surface area contributed by atoms with Crippen LogP contribution in [0.3, 0.4) is 0 Å². The van der Waals surface area contributed by atoms with Crippen LogP contribution in [0.15, 0.2) is 36.7 Å². The van der Waals surface area contributed by atoms with Crippen molar-refractivity contribution in [2.45, 2.75) is 31.3 Å². The molecule has 0 bridgehead atoms. The Kier molecular flexibility index (Phi) is 7.94. The molecule has 10 nitrogen and oxygen atoms in total. The van der Waals surface area contributed by atoms with Crippen molar-refractivity contribution in [2.24, 2.45) is 0 Å². The number of amides is 1. The average Bonchev–Trinajstić information content (AvgIpc) is 3.36. The summed E-state index contributed by atoms with van der Waals surface area (Å²) in [6, 6.07) is 6.36. The molecule has 2 atom stereocenters. The maximum absolute atomic E-state index is 15.4. The van der Waals surface area contributed by atoms with Gasteiger partial charge >= 0.3 is 6.01 Å². The molecule has 41 heavy (non-hydrogen) atoms. The zero-order valence-electron chi connectivity index (χ0n) is 22.4. The summed E-state index contributed by atoms with van der Waals surface area (Å²) in [6.45, 7) is 4.60. The summed E-state index contributed by atoms with van der Waals surface area (Å²) in [7, 11) is 2.00. The zero-order valence-corrected chi connectivity index (χ0v) is 22.4. The first-order valence-electron chi connectivity index (χ1n) is 13.1. The molecule has 0 spiro atoms. The number of benzene rings is 1. The molecule has 13 heteroatoms. The van der Waals surface area contributed by atoms with Crippen LogP contribution >= 0.6 is 0 Å². The van der Waals surface area contributed by atoms with E-state index in [0.717, 1.165) is 25.5 Å². The third-order valence-corrected chi connectivity index (χ3v) is 7.52. The van der Waals surface area contributed by atoms with E-state index in [1.807, 2.05) is 13.1 Å². The standard InChI is InChI=1S/C28H28F3N7O3/c1-16(29)27(40)38-12-11-37(14-17(38)8-9-32)26-24-21(33-28(35-26)41-15-18-5-4-10-36(18)2)13-19(25(31)34-24)23-20(30)6-3-7-22(23)39/h3,6-7,13,17-18,39H,1,4-5,8,10-12,14-15H2,2H3/t17-,18?/m0/s1. The molecule has 2 saturated heterocycles. The van der Waals surface area contributed by atoms with Crippen LogP contribution in [-0.4, -0.2) is 87.7 Å². The highest BCUT2D eigenvalue weighted by atomic mass is 19.1. The molecule has 1 aromatic carbocycles. The number of ether oxygens (including phenoxy) is 1. The highest BCUT2D eigenvalue weighted by molar-refractivity contribution is 5.92. The number of aromatic hydroxyl groups is 1. The number of hydrogen-bond donors (Lipinski definition) is 1. The van der Waals surface area contributed by atoms with Crippen molar-refractivity contribution in [1.82, 2.24) is 24.8 Å². The number of piperazine rings is 1. The van der Waals surface area contributed by atoms with Gasteiger partial charge in [-0.3, -0.25) is 4.79 Å². The average molecular weight is 568 g/mol. The van der Waals surface area contributed by atoms with Crippen LogP contribution in [0.5, 0.6) is 11.8 Å². The molecule has 2 aromatic heterocycles. The normalized spacial score (nSPS) is 19.4. The molecule has 4 heterocycles. The second-order valence-corrected chi connectivity index (χ2v) is 10.1. The molecular formula is C28H28F3N7O3. The number of halogens is 3. The summed E-state index contributed by atoms with van der Waals surface area (Å²) in [5, 5.41) is 19.6. The number of nitrogens with zero attached hydrogens (tertiary/aromatic N) is 7. The Bertz CT molecular complexity index is 1530. The molecule has 2 aliphatic rings. The van der Waals surface area contributed by atoms with Crippen molar-refractivity contribution < 1.29 is 27.8 Å². The lowest BCUT2D eigenvalue weighted by atomic mass is 10.0. The Morgan fingerprint density at radius 3 is 2.71 bits per heavy atom. The maximum atomic E-state index is 15.4. The zero-order chi connectivity index (χ0) is 29.3. The van der Waals surface area contributed by atoms with Gasteiger partial charge in [-0.15, -0.1) is 0 Å². The number of pyridine rings is 1. The molecule has 0 radical (unpaired) electrons. The molecule has 2 aliphatic heterocycles.